The third-order valence-electron chi connectivity index (χ3n) is 3.48. The monoisotopic (exact) mass is 224 g/mol. The standard InChI is InChI=1S/C17H20/c1-5-8-13(2)11-15-12-14-9-6-7-10-16(14)17(15,3)4/h5-12H,1-4H3/b8-5-,13-11-. The molecule has 0 saturated carbocycles. The van der Waals surface area contributed by atoms with Crippen molar-refractivity contribution in [3.8, 4) is 0 Å². The van der Waals surface area contributed by atoms with E-state index >= 15 is 0 Å². The molecule has 88 valence electrons. The summed E-state index contributed by atoms with van der Waals surface area (Å²) in [5.41, 5.74) is 5.62. The molecule has 0 amide bonds. The van der Waals surface area contributed by atoms with Crippen LogP contribution in [0.1, 0.15) is 38.8 Å². The Morgan fingerprint density at radius 3 is 2.53 bits per heavy atom. The summed E-state index contributed by atoms with van der Waals surface area (Å²) in [4.78, 5) is 0. The molecular formula is C17H20. The normalized spacial score (nSPS) is 18.4. The van der Waals surface area contributed by atoms with Crippen molar-refractivity contribution in [2.24, 2.45) is 0 Å². The van der Waals surface area contributed by atoms with Gasteiger partial charge in [0.2, 0.25) is 0 Å². The number of hydrogen-bond acceptors (Lipinski definition) is 0. The lowest BCUT2D eigenvalue weighted by Gasteiger charge is -2.23. The van der Waals surface area contributed by atoms with Crippen LogP contribution < -0.4 is 0 Å². The van der Waals surface area contributed by atoms with E-state index in [0.717, 1.165) is 0 Å². The lowest BCUT2D eigenvalue weighted by atomic mass is 9.81. The molecule has 0 N–H and O–H groups in total. The highest BCUT2D eigenvalue weighted by molar-refractivity contribution is 5.71. The molecule has 1 aliphatic carbocycles. The average Bonchev–Trinajstić information content (AvgIpc) is 2.52. The Bertz CT molecular complexity index is 511. The second-order valence-corrected chi connectivity index (χ2v) is 5.20. The van der Waals surface area contributed by atoms with Crippen molar-refractivity contribution in [2.45, 2.75) is 33.1 Å². The second kappa shape index (κ2) is 4.37. The average molecular weight is 224 g/mol. The van der Waals surface area contributed by atoms with Gasteiger partial charge in [-0.25, -0.2) is 0 Å². The molecule has 0 unspecified atom stereocenters. The predicted octanol–water partition coefficient (Wildman–Crippen LogP) is 4.88. The molecule has 2 rings (SSSR count). The molecule has 1 aromatic rings. The quantitative estimate of drug-likeness (QED) is 0.628. The highest BCUT2D eigenvalue weighted by Crippen LogP contribution is 2.42. The van der Waals surface area contributed by atoms with Crippen molar-refractivity contribution < 1.29 is 0 Å². The first-order chi connectivity index (χ1) is 8.05. The third kappa shape index (κ3) is 2.12. The first kappa shape index (κ1) is 11.9. The Balaban J connectivity index is 2.44. The van der Waals surface area contributed by atoms with Crippen molar-refractivity contribution in [1.82, 2.24) is 0 Å². The molecule has 17 heavy (non-hydrogen) atoms. The van der Waals surface area contributed by atoms with Gasteiger partial charge in [0.05, 0.1) is 0 Å². The summed E-state index contributed by atoms with van der Waals surface area (Å²) >= 11 is 0. The van der Waals surface area contributed by atoms with Gasteiger partial charge in [-0.05, 0) is 30.5 Å². The summed E-state index contributed by atoms with van der Waals surface area (Å²) in [6.07, 6.45) is 8.84. The maximum Gasteiger partial charge on any atom is 0.0152 e. The van der Waals surface area contributed by atoms with Gasteiger partial charge in [-0.15, -0.1) is 0 Å². The smallest absolute Gasteiger partial charge is 0.0152 e. The number of benzene rings is 1. The fraction of sp³-hybridized carbons (Fsp3) is 0.294. The molecule has 0 nitrogen and oxygen atoms in total. The fourth-order valence-electron chi connectivity index (χ4n) is 2.47. The van der Waals surface area contributed by atoms with Gasteiger partial charge in [0.15, 0.2) is 0 Å². The van der Waals surface area contributed by atoms with Crippen LogP contribution in [0.4, 0.5) is 0 Å². The highest BCUT2D eigenvalue weighted by Gasteiger charge is 2.30. The first-order valence-corrected chi connectivity index (χ1v) is 6.18. The van der Waals surface area contributed by atoms with Crippen LogP contribution in [0.2, 0.25) is 0 Å². The van der Waals surface area contributed by atoms with Crippen LogP contribution >= 0.6 is 0 Å². The Hall–Kier alpha value is -1.56. The molecule has 1 aliphatic rings. The van der Waals surface area contributed by atoms with Crippen LogP contribution in [0.5, 0.6) is 0 Å². The van der Waals surface area contributed by atoms with Gasteiger partial charge >= 0.3 is 0 Å². The molecule has 0 spiro atoms. The molecule has 0 heterocycles. The van der Waals surface area contributed by atoms with Crippen LogP contribution in [0.3, 0.4) is 0 Å². The molecule has 0 bridgehead atoms. The van der Waals surface area contributed by atoms with Crippen LogP contribution in [0.15, 0.2) is 53.6 Å². The van der Waals surface area contributed by atoms with E-state index in [4.69, 9.17) is 0 Å². The Morgan fingerprint density at radius 1 is 1.18 bits per heavy atom. The van der Waals surface area contributed by atoms with Crippen LogP contribution in [0.25, 0.3) is 6.08 Å². The minimum atomic E-state index is 0.124. The van der Waals surface area contributed by atoms with Crippen LogP contribution in [-0.2, 0) is 5.41 Å². The summed E-state index contributed by atoms with van der Waals surface area (Å²) in [6, 6.07) is 8.66. The molecule has 0 aromatic heterocycles. The van der Waals surface area contributed by atoms with E-state index in [0.29, 0.717) is 0 Å². The van der Waals surface area contributed by atoms with Crippen molar-refractivity contribution in [3.05, 3.63) is 64.8 Å². The van der Waals surface area contributed by atoms with Crippen molar-refractivity contribution >= 4 is 6.08 Å². The Labute approximate surface area is 104 Å². The zero-order valence-electron chi connectivity index (χ0n) is 11.1. The van der Waals surface area contributed by atoms with E-state index in [9.17, 15) is 0 Å². The molecule has 0 atom stereocenters. The lowest BCUT2D eigenvalue weighted by molar-refractivity contribution is 0.654. The van der Waals surface area contributed by atoms with E-state index in [1.807, 2.05) is 0 Å². The van der Waals surface area contributed by atoms with E-state index in [-0.39, 0.29) is 5.41 Å². The number of allylic oxidation sites excluding steroid dienone is 5. The summed E-state index contributed by atoms with van der Waals surface area (Å²) in [6.45, 7) is 8.80. The van der Waals surface area contributed by atoms with Gasteiger partial charge in [0.1, 0.15) is 0 Å². The fourth-order valence-corrected chi connectivity index (χ4v) is 2.47. The zero-order valence-corrected chi connectivity index (χ0v) is 11.1. The molecule has 0 saturated heterocycles. The minimum Gasteiger partial charge on any atom is -0.0874 e. The maximum atomic E-state index is 2.31. The molecule has 1 aromatic carbocycles. The summed E-state index contributed by atoms with van der Waals surface area (Å²) in [7, 11) is 0. The number of rotatable bonds is 2. The molecule has 0 aliphatic heterocycles. The van der Waals surface area contributed by atoms with Crippen molar-refractivity contribution in [1.29, 1.82) is 0 Å². The summed E-state index contributed by atoms with van der Waals surface area (Å²) in [5, 5.41) is 0. The van der Waals surface area contributed by atoms with E-state index in [1.54, 1.807) is 0 Å². The van der Waals surface area contributed by atoms with Gasteiger partial charge in [-0.1, -0.05) is 68.0 Å². The topological polar surface area (TPSA) is 0 Å². The van der Waals surface area contributed by atoms with Gasteiger partial charge in [0.25, 0.3) is 0 Å². The lowest BCUT2D eigenvalue weighted by Crippen LogP contribution is -2.16. The van der Waals surface area contributed by atoms with Crippen molar-refractivity contribution in [3.63, 3.8) is 0 Å². The molecule has 0 radical (unpaired) electrons. The van der Waals surface area contributed by atoms with Gasteiger partial charge in [0, 0.05) is 5.41 Å². The summed E-state index contributed by atoms with van der Waals surface area (Å²) in [5.74, 6) is 0. The predicted molar refractivity (Wildman–Crippen MR) is 76.0 cm³/mol. The van der Waals surface area contributed by atoms with E-state index in [2.05, 4.69) is 76.3 Å². The van der Waals surface area contributed by atoms with Gasteiger partial charge in [-0.3, -0.25) is 0 Å². The number of hydrogen-bond donors (Lipinski definition) is 0. The first-order valence-electron chi connectivity index (χ1n) is 6.18. The van der Waals surface area contributed by atoms with Gasteiger partial charge in [-0.2, -0.15) is 0 Å². The molecule has 0 fully saturated rings. The van der Waals surface area contributed by atoms with Crippen LogP contribution in [0, 0.1) is 0 Å². The number of fused-ring (bicyclic) bond motifs is 1. The van der Waals surface area contributed by atoms with Crippen molar-refractivity contribution in [2.75, 3.05) is 0 Å². The molecular weight excluding hydrogens is 204 g/mol. The SMILES string of the molecule is C/C=C\C(C)=C/C1=Cc2ccccc2C1(C)C. The van der Waals surface area contributed by atoms with Crippen LogP contribution in [-0.4, -0.2) is 0 Å². The Kier molecular flexibility index (Phi) is 3.06. The molecule has 0 heteroatoms. The van der Waals surface area contributed by atoms with Gasteiger partial charge < -0.3 is 0 Å². The van der Waals surface area contributed by atoms with E-state index < -0.39 is 0 Å². The second-order valence-electron chi connectivity index (χ2n) is 5.20. The third-order valence-corrected chi connectivity index (χ3v) is 3.48. The maximum absolute atomic E-state index is 2.31. The Morgan fingerprint density at radius 2 is 1.88 bits per heavy atom. The summed E-state index contributed by atoms with van der Waals surface area (Å²) < 4.78 is 0. The van der Waals surface area contributed by atoms with E-state index in [1.165, 1.54) is 22.3 Å². The highest BCUT2D eigenvalue weighted by atomic mass is 14.3. The zero-order chi connectivity index (χ0) is 12.5. The largest absolute Gasteiger partial charge is 0.0874 e. The minimum absolute atomic E-state index is 0.124.